The summed E-state index contributed by atoms with van der Waals surface area (Å²) < 4.78 is 26.0. The van der Waals surface area contributed by atoms with Crippen LogP contribution in [0.2, 0.25) is 0 Å². The third-order valence-corrected chi connectivity index (χ3v) is 5.76. The van der Waals surface area contributed by atoms with Gasteiger partial charge in [0.2, 0.25) is 19.1 Å². The Morgan fingerprint density at radius 2 is 1.90 bits per heavy atom. The van der Waals surface area contributed by atoms with Crippen molar-refractivity contribution in [3.05, 3.63) is 52.4 Å². The van der Waals surface area contributed by atoms with Gasteiger partial charge in [-0.05, 0) is 19.1 Å². The van der Waals surface area contributed by atoms with Crippen LogP contribution in [0.25, 0.3) is 4.96 Å². The Bertz CT molecular complexity index is 943. The summed E-state index contributed by atoms with van der Waals surface area (Å²) in [7, 11) is -3.68. The van der Waals surface area contributed by atoms with Gasteiger partial charge in [-0.15, -0.1) is 5.10 Å². The van der Waals surface area contributed by atoms with E-state index in [1.165, 1.54) is 22.8 Å². The van der Waals surface area contributed by atoms with Gasteiger partial charge in [0.15, 0.2) is 0 Å². The highest BCUT2D eigenvalue weighted by Crippen LogP contribution is 2.24. The van der Waals surface area contributed by atoms with Crippen molar-refractivity contribution in [3.63, 3.8) is 0 Å². The molecular weight excluding hydrogens is 298 g/mol. The minimum atomic E-state index is -3.68. The first kappa shape index (κ1) is 12.9. The summed E-state index contributed by atoms with van der Waals surface area (Å²) in [5, 5.41) is 4.01. The molecule has 0 aliphatic rings. The first-order chi connectivity index (χ1) is 9.48. The summed E-state index contributed by atoms with van der Waals surface area (Å²) in [5.41, 5.74) is 0.0359. The fourth-order valence-corrected chi connectivity index (χ4v) is 4.12. The molecule has 2 aromatic heterocycles. The molecule has 3 rings (SSSR count). The summed E-state index contributed by atoms with van der Waals surface area (Å²) in [6, 6.07) is 8.03. The standard InChI is InChI=1S/C12H9N3O3S2/c1-8-7-15-11(13-10(8)16)19-12(14-15)20(17,18)9-5-3-2-4-6-9/h2-7H,1H3. The van der Waals surface area contributed by atoms with Crippen LogP contribution in [-0.4, -0.2) is 23.0 Å². The van der Waals surface area contributed by atoms with E-state index in [1.54, 1.807) is 25.1 Å². The highest BCUT2D eigenvalue weighted by molar-refractivity contribution is 7.93. The van der Waals surface area contributed by atoms with Gasteiger partial charge in [-0.3, -0.25) is 4.79 Å². The topological polar surface area (TPSA) is 81.4 Å². The molecule has 0 radical (unpaired) electrons. The van der Waals surface area contributed by atoms with Crippen molar-refractivity contribution in [2.45, 2.75) is 16.2 Å². The summed E-state index contributed by atoms with van der Waals surface area (Å²) in [4.78, 5) is 15.7. The van der Waals surface area contributed by atoms with Gasteiger partial charge in [0, 0.05) is 11.8 Å². The number of sulfone groups is 1. The first-order valence-corrected chi connectivity index (χ1v) is 7.96. The Labute approximate surface area is 118 Å². The number of nitrogens with zero attached hydrogens (tertiary/aromatic N) is 3. The van der Waals surface area contributed by atoms with Gasteiger partial charge < -0.3 is 0 Å². The summed E-state index contributed by atoms with van der Waals surface area (Å²) in [5.74, 6) is 0. The van der Waals surface area contributed by atoms with E-state index in [2.05, 4.69) is 10.1 Å². The smallest absolute Gasteiger partial charge is 0.267 e. The lowest BCUT2D eigenvalue weighted by molar-refractivity contribution is 0.593. The Hall–Kier alpha value is -2.06. The minimum absolute atomic E-state index is 0.0822. The predicted octanol–water partition coefficient (Wildman–Crippen LogP) is 1.29. The number of aryl methyl sites for hydroxylation is 1. The van der Waals surface area contributed by atoms with Crippen LogP contribution in [0.3, 0.4) is 0 Å². The molecular formula is C12H9N3O3S2. The molecule has 3 aromatic rings. The fraction of sp³-hybridized carbons (Fsp3) is 0.0833. The van der Waals surface area contributed by atoms with E-state index in [4.69, 9.17) is 0 Å². The zero-order valence-electron chi connectivity index (χ0n) is 10.3. The molecule has 1 aromatic carbocycles. The normalized spacial score (nSPS) is 11.8. The van der Waals surface area contributed by atoms with Crippen LogP contribution >= 0.6 is 11.3 Å². The molecule has 0 aliphatic heterocycles. The summed E-state index contributed by atoms with van der Waals surface area (Å²) in [6.07, 6.45) is 1.48. The zero-order chi connectivity index (χ0) is 14.3. The second kappa shape index (κ2) is 4.50. The molecule has 0 spiro atoms. The third kappa shape index (κ3) is 2.02. The number of hydrogen-bond donors (Lipinski definition) is 0. The maximum absolute atomic E-state index is 12.4. The second-order valence-corrected chi connectivity index (χ2v) is 7.22. The molecule has 0 saturated heterocycles. The van der Waals surface area contributed by atoms with Gasteiger partial charge in [-0.2, -0.15) is 4.98 Å². The molecule has 0 saturated carbocycles. The van der Waals surface area contributed by atoms with E-state index >= 15 is 0 Å². The van der Waals surface area contributed by atoms with Crippen LogP contribution in [-0.2, 0) is 9.84 Å². The van der Waals surface area contributed by atoms with Crippen LogP contribution in [0.4, 0.5) is 0 Å². The highest BCUT2D eigenvalue weighted by Gasteiger charge is 2.22. The van der Waals surface area contributed by atoms with Crippen LogP contribution in [0, 0.1) is 6.92 Å². The van der Waals surface area contributed by atoms with Crippen molar-refractivity contribution in [2.24, 2.45) is 0 Å². The average Bonchev–Trinajstić information content (AvgIpc) is 2.84. The molecule has 6 nitrogen and oxygen atoms in total. The molecule has 0 atom stereocenters. The van der Waals surface area contributed by atoms with E-state index in [1.807, 2.05) is 0 Å². The van der Waals surface area contributed by atoms with E-state index in [0.29, 0.717) is 5.56 Å². The van der Waals surface area contributed by atoms with Crippen LogP contribution in [0.5, 0.6) is 0 Å². The minimum Gasteiger partial charge on any atom is -0.267 e. The lowest BCUT2D eigenvalue weighted by atomic mass is 10.4. The molecule has 0 aliphatic carbocycles. The van der Waals surface area contributed by atoms with Gasteiger partial charge in [-0.25, -0.2) is 12.9 Å². The lowest BCUT2D eigenvalue weighted by Crippen LogP contribution is -2.11. The number of aromatic nitrogens is 3. The molecule has 0 bridgehead atoms. The lowest BCUT2D eigenvalue weighted by Gasteiger charge is -1.98. The largest absolute Gasteiger partial charge is 0.276 e. The SMILES string of the molecule is Cc1cn2nc(S(=O)(=O)c3ccccc3)sc2nc1=O. The Morgan fingerprint density at radius 1 is 1.20 bits per heavy atom. The van der Waals surface area contributed by atoms with Crippen molar-refractivity contribution in [1.29, 1.82) is 0 Å². The quantitative estimate of drug-likeness (QED) is 0.712. The van der Waals surface area contributed by atoms with E-state index < -0.39 is 9.84 Å². The van der Waals surface area contributed by atoms with Crippen molar-refractivity contribution in [2.75, 3.05) is 0 Å². The highest BCUT2D eigenvalue weighted by atomic mass is 32.2. The van der Waals surface area contributed by atoms with Crippen LogP contribution in [0.1, 0.15) is 5.56 Å². The van der Waals surface area contributed by atoms with Crippen LogP contribution in [0.15, 0.2) is 50.6 Å². The maximum Gasteiger partial charge on any atom is 0.276 e. The first-order valence-electron chi connectivity index (χ1n) is 5.66. The molecule has 0 unspecified atom stereocenters. The van der Waals surface area contributed by atoms with E-state index in [9.17, 15) is 13.2 Å². The Balaban J connectivity index is 2.23. The van der Waals surface area contributed by atoms with Crippen molar-refractivity contribution < 1.29 is 8.42 Å². The molecule has 0 amide bonds. The van der Waals surface area contributed by atoms with Crippen LogP contribution < -0.4 is 5.56 Å². The monoisotopic (exact) mass is 307 g/mol. The fourth-order valence-electron chi connectivity index (χ4n) is 1.66. The molecule has 2 heterocycles. The molecule has 0 fully saturated rings. The molecule has 20 heavy (non-hydrogen) atoms. The number of rotatable bonds is 2. The van der Waals surface area contributed by atoms with E-state index in [-0.39, 0.29) is 19.8 Å². The maximum atomic E-state index is 12.4. The summed E-state index contributed by atoms with van der Waals surface area (Å²) >= 11 is 0.875. The van der Waals surface area contributed by atoms with Gasteiger partial charge in [0.25, 0.3) is 5.56 Å². The van der Waals surface area contributed by atoms with Gasteiger partial charge in [0.05, 0.1) is 4.90 Å². The van der Waals surface area contributed by atoms with Gasteiger partial charge in [-0.1, -0.05) is 29.5 Å². The van der Waals surface area contributed by atoms with Crippen molar-refractivity contribution >= 4 is 26.1 Å². The Kier molecular flexibility index (Phi) is 2.91. The van der Waals surface area contributed by atoms with E-state index in [0.717, 1.165) is 11.3 Å². The Morgan fingerprint density at radius 3 is 2.60 bits per heavy atom. The van der Waals surface area contributed by atoms with Gasteiger partial charge in [0.1, 0.15) is 0 Å². The van der Waals surface area contributed by atoms with Gasteiger partial charge >= 0.3 is 0 Å². The number of fused-ring (bicyclic) bond motifs is 1. The zero-order valence-corrected chi connectivity index (χ0v) is 12.0. The average molecular weight is 307 g/mol. The van der Waals surface area contributed by atoms with Crippen molar-refractivity contribution in [1.82, 2.24) is 14.6 Å². The number of benzene rings is 1. The molecule has 8 heteroatoms. The van der Waals surface area contributed by atoms with Crippen molar-refractivity contribution in [3.8, 4) is 0 Å². The predicted molar refractivity (Wildman–Crippen MR) is 73.8 cm³/mol. The second-order valence-electron chi connectivity index (χ2n) is 4.14. The number of hydrogen-bond acceptors (Lipinski definition) is 6. The molecule has 0 N–H and O–H groups in total. The summed E-state index contributed by atoms with van der Waals surface area (Å²) in [6.45, 7) is 1.60. The third-order valence-electron chi connectivity index (χ3n) is 2.70. The molecule has 102 valence electrons.